The Kier molecular flexibility index (Phi) is 9.47. The van der Waals surface area contributed by atoms with E-state index in [1.807, 2.05) is 18.2 Å². The van der Waals surface area contributed by atoms with Crippen LogP contribution >= 0.6 is 23.2 Å². The number of rotatable bonds is 11. The number of benzene rings is 2. The van der Waals surface area contributed by atoms with Gasteiger partial charge in [-0.15, -0.1) is 0 Å². The van der Waals surface area contributed by atoms with Gasteiger partial charge in [0.2, 0.25) is 0 Å². The van der Waals surface area contributed by atoms with Crippen LogP contribution in [-0.4, -0.2) is 24.0 Å². The van der Waals surface area contributed by atoms with E-state index in [1.165, 1.54) is 18.4 Å². The van der Waals surface area contributed by atoms with Gasteiger partial charge in [0.05, 0.1) is 21.5 Å². The minimum absolute atomic E-state index is 0.390. The molecule has 1 aliphatic rings. The molecular weight excluding hydrogens is 435 g/mol. The highest BCUT2D eigenvalue weighted by molar-refractivity contribution is 6.42. The molecule has 0 amide bonds. The Bertz CT molecular complexity index is 886. The fourth-order valence-electron chi connectivity index (χ4n) is 5.36. The van der Waals surface area contributed by atoms with Gasteiger partial charge in [-0.3, -0.25) is 0 Å². The van der Waals surface area contributed by atoms with Crippen molar-refractivity contribution >= 4 is 23.2 Å². The number of hydrogen-bond acceptors (Lipinski definition) is 2. The molecule has 0 heterocycles. The minimum atomic E-state index is -0.490. The maximum Gasteiger partial charge on any atom is 0.0851 e. The van der Waals surface area contributed by atoms with Crippen LogP contribution in [0, 0.1) is 17.2 Å². The van der Waals surface area contributed by atoms with Gasteiger partial charge < -0.3 is 4.90 Å². The standard InChI is InChI=1S/C28H36Cl2N2/c1-3-18-32(19-16-23-9-5-4-6-10-23)22(2)15-17-28(21-31,24-11-7-8-12-24)25-13-14-26(29)27(30)20-25/h4-6,9-10,13-14,20,22,24H,3,7-8,11-12,15-19H2,1-2H3. The number of halogens is 2. The Balaban J connectivity index is 1.76. The van der Waals surface area contributed by atoms with Gasteiger partial charge in [-0.1, -0.05) is 79.4 Å². The molecule has 0 radical (unpaired) electrons. The molecule has 0 spiro atoms. The summed E-state index contributed by atoms with van der Waals surface area (Å²) in [7, 11) is 0. The molecule has 2 aromatic carbocycles. The third-order valence-electron chi connectivity index (χ3n) is 7.31. The van der Waals surface area contributed by atoms with E-state index in [-0.39, 0.29) is 0 Å². The molecule has 1 aliphatic carbocycles. The summed E-state index contributed by atoms with van der Waals surface area (Å²) in [5, 5.41) is 11.6. The molecule has 2 unspecified atom stereocenters. The molecule has 0 aliphatic heterocycles. The van der Waals surface area contributed by atoms with Crippen LogP contribution in [0.2, 0.25) is 10.0 Å². The molecule has 1 saturated carbocycles. The van der Waals surface area contributed by atoms with Crippen LogP contribution in [0.4, 0.5) is 0 Å². The number of nitriles is 1. The minimum Gasteiger partial charge on any atom is -0.300 e. The van der Waals surface area contributed by atoms with E-state index in [0.29, 0.717) is 22.0 Å². The lowest BCUT2D eigenvalue weighted by Gasteiger charge is -2.36. The van der Waals surface area contributed by atoms with Gasteiger partial charge in [-0.05, 0) is 81.2 Å². The summed E-state index contributed by atoms with van der Waals surface area (Å²) < 4.78 is 0. The lowest BCUT2D eigenvalue weighted by molar-refractivity contribution is 0.184. The van der Waals surface area contributed by atoms with Crippen molar-refractivity contribution in [2.45, 2.75) is 76.7 Å². The van der Waals surface area contributed by atoms with Crippen LogP contribution in [0.25, 0.3) is 0 Å². The van der Waals surface area contributed by atoms with Gasteiger partial charge in [-0.25, -0.2) is 0 Å². The van der Waals surface area contributed by atoms with E-state index in [0.717, 1.165) is 57.2 Å². The lowest BCUT2D eigenvalue weighted by Crippen LogP contribution is -2.39. The van der Waals surface area contributed by atoms with Crippen molar-refractivity contribution in [2.24, 2.45) is 5.92 Å². The van der Waals surface area contributed by atoms with Gasteiger partial charge in [0.15, 0.2) is 0 Å². The molecule has 172 valence electrons. The Labute approximate surface area is 204 Å². The zero-order valence-corrected chi connectivity index (χ0v) is 21.0. The van der Waals surface area contributed by atoms with Crippen molar-refractivity contribution in [1.82, 2.24) is 4.90 Å². The Morgan fingerprint density at radius 1 is 1.06 bits per heavy atom. The van der Waals surface area contributed by atoms with Gasteiger partial charge in [0.1, 0.15) is 0 Å². The van der Waals surface area contributed by atoms with Crippen molar-refractivity contribution in [3.05, 3.63) is 69.7 Å². The first-order valence-corrected chi connectivity index (χ1v) is 12.9. The summed E-state index contributed by atoms with van der Waals surface area (Å²) >= 11 is 12.6. The van der Waals surface area contributed by atoms with E-state index < -0.39 is 5.41 Å². The largest absolute Gasteiger partial charge is 0.300 e. The molecule has 2 aromatic rings. The van der Waals surface area contributed by atoms with Gasteiger partial charge >= 0.3 is 0 Å². The molecule has 0 saturated heterocycles. The molecule has 4 heteroatoms. The first-order valence-electron chi connectivity index (χ1n) is 12.1. The SMILES string of the molecule is CCCN(CCc1ccccc1)C(C)CCC(C#N)(c1ccc(Cl)c(Cl)c1)C1CCCC1. The summed E-state index contributed by atoms with van der Waals surface area (Å²) in [5.41, 5.74) is 1.94. The van der Waals surface area contributed by atoms with E-state index in [4.69, 9.17) is 23.2 Å². The van der Waals surface area contributed by atoms with Crippen LogP contribution < -0.4 is 0 Å². The summed E-state index contributed by atoms with van der Waals surface area (Å²) in [6, 6.07) is 19.7. The monoisotopic (exact) mass is 470 g/mol. The van der Waals surface area contributed by atoms with Crippen LogP contribution in [0.5, 0.6) is 0 Å². The summed E-state index contributed by atoms with van der Waals surface area (Å²) in [6.45, 7) is 6.71. The number of hydrogen-bond donors (Lipinski definition) is 0. The third kappa shape index (κ3) is 6.07. The first-order chi connectivity index (χ1) is 15.5. The van der Waals surface area contributed by atoms with Crippen LogP contribution in [0.1, 0.15) is 69.9 Å². The highest BCUT2D eigenvalue weighted by atomic mass is 35.5. The zero-order chi connectivity index (χ0) is 23.0. The Hall–Kier alpha value is -1.53. The quantitative estimate of drug-likeness (QED) is 0.331. The van der Waals surface area contributed by atoms with E-state index >= 15 is 0 Å². The fraction of sp³-hybridized carbons (Fsp3) is 0.536. The summed E-state index contributed by atoms with van der Waals surface area (Å²) in [5.74, 6) is 0.390. The van der Waals surface area contributed by atoms with Crippen LogP contribution in [0.15, 0.2) is 48.5 Å². The fourth-order valence-corrected chi connectivity index (χ4v) is 5.66. The molecule has 1 fully saturated rings. The average Bonchev–Trinajstić information content (AvgIpc) is 3.35. The highest BCUT2D eigenvalue weighted by Crippen LogP contribution is 2.46. The van der Waals surface area contributed by atoms with Gasteiger partial charge in [-0.2, -0.15) is 5.26 Å². The van der Waals surface area contributed by atoms with Crippen LogP contribution in [-0.2, 0) is 11.8 Å². The molecule has 2 nitrogen and oxygen atoms in total. The van der Waals surface area contributed by atoms with Crippen LogP contribution in [0.3, 0.4) is 0 Å². The van der Waals surface area contributed by atoms with E-state index in [1.54, 1.807) is 0 Å². The molecule has 0 aromatic heterocycles. The third-order valence-corrected chi connectivity index (χ3v) is 8.05. The summed E-state index contributed by atoms with van der Waals surface area (Å²) in [4.78, 5) is 2.60. The molecule has 2 atom stereocenters. The van der Waals surface area contributed by atoms with Crippen molar-refractivity contribution in [2.75, 3.05) is 13.1 Å². The molecule has 0 N–H and O–H groups in total. The molecule has 0 bridgehead atoms. The smallest absolute Gasteiger partial charge is 0.0851 e. The lowest BCUT2D eigenvalue weighted by atomic mass is 9.67. The normalized spacial score (nSPS) is 17.2. The average molecular weight is 472 g/mol. The van der Waals surface area contributed by atoms with Crippen molar-refractivity contribution in [1.29, 1.82) is 5.26 Å². The van der Waals surface area contributed by atoms with E-state index in [9.17, 15) is 5.26 Å². The van der Waals surface area contributed by atoms with Crippen molar-refractivity contribution < 1.29 is 0 Å². The Morgan fingerprint density at radius 3 is 2.41 bits per heavy atom. The summed E-state index contributed by atoms with van der Waals surface area (Å²) in [6.07, 6.45) is 8.72. The molecular formula is C28H36Cl2N2. The zero-order valence-electron chi connectivity index (χ0n) is 19.5. The predicted molar refractivity (Wildman–Crippen MR) is 136 cm³/mol. The second-order valence-corrected chi connectivity index (χ2v) is 10.2. The first kappa shape index (κ1) is 25.1. The topological polar surface area (TPSA) is 27.0 Å². The predicted octanol–water partition coefficient (Wildman–Crippen LogP) is 8.07. The van der Waals surface area contributed by atoms with Gasteiger partial charge in [0, 0.05) is 12.6 Å². The van der Waals surface area contributed by atoms with Gasteiger partial charge in [0.25, 0.3) is 0 Å². The number of nitrogens with zero attached hydrogens (tertiary/aromatic N) is 2. The Morgan fingerprint density at radius 2 is 1.78 bits per heavy atom. The maximum atomic E-state index is 10.5. The second-order valence-electron chi connectivity index (χ2n) is 9.35. The second kappa shape index (κ2) is 12.1. The highest BCUT2D eigenvalue weighted by Gasteiger charge is 2.42. The van der Waals surface area contributed by atoms with Crippen molar-refractivity contribution in [3.63, 3.8) is 0 Å². The maximum absolute atomic E-state index is 10.5. The van der Waals surface area contributed by atoms with E-state index in [2.05, 4.69) is 55.1 Å². The van der Waals surface area contributed by atoms with Crippen molar-refractivity contribution in [3.8, 4) is 6.07 Å². The molecule has 32 heavy (non-hydrogen) atoms. The molecule has 3 rings (SSSR count).